The molecule has 0 saturated carbocycles. The van der Waals surface area contributed by atoms with Gasteiger partial charge >= 0.3 is 23.4 Å². The molecule has 10 nitrogen and oxygen atoms in total. The molecule has 3 aromatic carbocycles. The van der Waals surface area contributed by atoms with Crippen LogP contribution in [0.3, 0.4) is 0 Å². The highest BCUT2D eigenvalue weighted by Crippen LogP contribution is 2.45. The van der Waals surface area contributed by atoms with Crippen molar-refractivity contribution in [1.82, 2.24) is 0 Å². The van der Waals surface area contributed by atoms with Crippen molar-refractivity contribution in [3.63, 3.8) is 0 Å². The Morgan fingerprint density at radius 1 is 0.756 bits per heavy atom. The van der Waals surface area contributed by atoms with E-state index in [-0.39, 0.29) is 16.7 Å². The van der Waals surface area contributed by atoms with E-state index in [1.165, 1.54) is 84.9 Å². The van der Waals surface area contributed by atoms with Crippen LogP contribution in [0.2, 0.25) is 0 Å². The fourth-order valence-electron chi connectivity index (χ4n) is 3.90. The Bertz CT molecular complexity index is 1500. The number of carbonyl (C=O) groups is 3. The number of alkyl halides is 3. The van der Waals surface area contributed by atoms with Gasteiger partial charge in [-0.25, -0.2) is 22.8 Å². The quantitative estimate of drug-likeness (QED) is 0.305. The van der Waals surface area contributed by atoms with Crippen molar-refractivity contribution in [1.29, 1.82) is 0 Å². The molecule has 0 amide bonds. The molecule has 0 unspecified atom stereocenters. The van der Waals surface area contributed by atoms with Gasteiger partial charge in [0.15, 0.2) is 6.10 Å². The van der Waals surface area contributed by atoms with Crippen molar-refractivity contribution in [3.8, 4) is 0 Å². The van der Waals surface area contributed by atoms with Gasteiger partial charge in [-0.2, -0.15) is 13.2 Å². The van der Waals surface area contributed by atoms with Crippen LogP contribution >= 0.6 is 0 Å². The summed E-state index contributed by atoms with van der Waals surface area (Å²) in [5.74, 6) is -3.69. The number of rotatable bonds is 8. The summed E-state index contributed by atoms with van der Waals surface area (Å²) in [6.07, 6.45) is -7.58. The van der Waals surface area contributed by atoms with Crippen LogP contribution in [0.15, 0.2) is 91.0 Å². The first-order valence-electron chi connectivity index (χ1n) is 11.8. The average molecular weight is 595 g/mol. The summed E-state index contributed by atoms with van der Waals surface area (Å²) in [6.45, 7) is -1.00. The molecule has 0 aliphatic carbocycles. The monoisotopic (exact) mass is 594 g/mol. The maximum Gasteiger partial charge on any atom is 0.500 e. The van der Waals surface area contributed by atoms with E-state index in [0.717, 1.165) is 0 Å². The molecule has 3 aromatic rings. The zero-order valence-corrected chi connectivity index (χ0v) is 21.6. The number of esters is 3. The summed E-state index contributed by atoms with van der Waals surface area (Å²) in [7, 11) is -6.72. The van der Waals surface area contributed by atoms with Gasteiger partial charge in [-0.3, -0.25) is 0 Å². The minimum Gasteiger partial charge on any atom is -0.459 e. The van der Waals surface area contributed by atoms with Crippen molar-refractivity contribution in [3.05, 3.63) is 108 Å². The normalized spacial score (nSPS) is 22.5. The summed E-state index contributed by atoms with van der Waals surface area (Å²) in [4.78, 5) is 33.8. The second kappa shape index (κ2) is 11.7. The molecular formula is C27H21F3O10S. The van der Waals surface area contributed by atoms with Crippen molar-refractivity contribution >= 4 is 27.7 Å². The van der Waals surface area contributed by atoms with Crippen LogP contribution in [0.25, 0.3) is 0 Å². The van der Waals surface area contributed by atoms with E-state index in [1.807, 2.05) is 0 Å². The van der Waals surface area contributed by atoms with Crippen LogP contribution in [-0.4, -0.2) is 67.0 Å². The third kappa shape index (κ3) is 5.94. The van der Waals surface area contributed by atoms with E-state index in [4.69, 9.17) is 18.9 Å². The van der Waals surface area contributed by atoms with Gasteiger partial charge in [0.25, 0.3) is 21.1 Å². The molecule has 4 atom stereocenters. The predicted octanol–water partition coefficient (Wildman–Crippen LogP) is 3.27. The molecule has 1 heterocycles. The molecule has 41 heavy (non-hydrogen) atoms. The Morgan fingerprint density at radius 3 is 1.61 bits per heavy atom. The van der Waals surface area contributed by atoms with Crippen molar-refractivity contribution < 1.29 is 60.0 Å². The summed E-state index contributed by atoms with van der Waals surface area (Å²) in [5, 5.41) is 11.3. The number of carbonyl (C=O) groups excluding carboxylic acids is 3. The topological polar surface area (TPSA) is 142 Å². The molecule has 14 heteroatoms. The molecule has 0 aromatic heterocycles. The highest BCUT2D eigenvalue weighted by atomic mass is 32.2. The second-order valence-corrected chi connectivity index (χ2v) is 10.8. The number of benzene rings is 3. The number of halogens is 3. The first-order valence-corrected chi connectivity index (χ1v) is 13.3. The Kier molecular flexibility index (Phi) is 8.47. The minimum absolute atomic E-state index is 0.0218. The van der Waals surface area contributed by atoms with Crippen molar-refractivity contribution in [2.75, 3.05) is 6.61 Å². The van der Waals surface area contributed by atoms with Gasteiger partial charge in [0.05, 0.1) is 16.7 Å². The van der Waals surface area contributed by atoms with Crippen molar-refractivity contribution in [2.24, 2.45) is 0 Å². The van der Waals surface area contributed by atoms with E-state index in [1.54, 1.807) is 6.07 Å². The fraction of sp³-hybridized carbons (Fsp3) is 0.222. The number of aliphatic hydroxyl groups is 1. The third-order valence-corrected chi connectivity index (χ3v) is 7.87. The molecule has 216 valence electrons. The van der Waals surface area contributed by atoms with Gasteiger partial charge in [-0.1, -0.05) is 54.6 Å². The highest BCUT2D eigenvalue weighted by Gasteiger charge is 2.75. The summed E-state index contributed by atoms with van der Waals surface area (Å²) in [6, 6.07) is 20.8. The molecule has 1 aliphatic heterocycles. The lowest BCUT2D eigenvalue weighted by Crippen LogP contribution is -2.61. The molecule has 0 bridgehead atoms. The summed E-state index contributed by atoms with van der Waals surface area (Å²) >= 11 is 0. The zero-order chi connectivity index (χ0) is 29.8. The van der Waals surface area contributed by atoms with E-state index >= 15 is 0 Å². The number of hydrogen-bond donors (Lipinski definition) is 1. The Balaban J connectivity index is 1.74. The standard InChI is InChI=1S/C27H21F3O10S/c28-27(29,30)41(35,36)26(34)21(39-23(32)18-12-6-2-7-13-18)20(16-37-22(31)17-10-4-1-5-11-17)38-25(26)40-24(33)19-14-8-3-9-15-19/h1-15,20-21,25,34H,16H2/t20-,21-,25-,26+/m0/s1. The summed E-state index contributed by atoms with van der Waals surface area (Å²) in [5.41, 5.74) is -6.55. The van der Waals surface area contributed by atoms with Crippen molar-refractivity contribution in [2.45, 2.75) is 28.9 Å². The molecular weight excluding hydrogens is 573 g/mol. The molecule has 1 aliphatic rings. The van der Waals surface area contributed by atoms with E-state index in [0.29, 0.717) is 0 Å². The van der Waals surface area contributed by atoms with Gasteiger partial charge in [-0.05, 0) is 36.4 Å². The number of hydrogen-bond acceptors (Lipinski definition) is 10. The zero-order valence-electron chi connectivity index (χ0n) is 20.8. The molecule has 0 radical (unpaired) electrons. The van der Waals surface area contributed by atoms with Crippen LogP contribution in [0.4, 0.5) is 13.2 Å². The van der Waals surface area contributed by atoms with E-state index in [9.17, 15) is 41.1 Å². The van der Waals surface area contributed by atoms with Gasteiger partial charge in [0, 0.05) is 0 Å². The largest absolute Gasteiger partial charge is 0.500 e. The average Bonchev–Trinajstić information content (AvgIpc) is 3.23. The maximum absolute atomic E-state index is 13.9. The molecule has 0 spiro atoms. The Labute approximate surface area is 231 Å². The van der Waals surface area contributed by atoms with Crippen LogP contribution in [0.1, 0.15) is 31.1 Å². The second-order valence-electron chi connectivity index (χ2n) is 8.64. The smallest absolute Gasteiger partial charge is 0.459 e. The molecule has 1 saturated heterocycles. The lowest BCUT2D eigenvalue weighted by molar-refractivity contribution is -0.156. The van der Waals surface area contributed by atoms with Crippen LogP contribution in [0.5, 0.6) is 0 Å². The van der Waals surface area contributed by atoms with Crippen LogP contribution < -0.4 is 0 Å². The van der Waals surface area contributed by atoms with Gasteiger partial charge in [0.2, 0.25) is 0 Å². The molecule has 1 N–H and O–H groups in total. The Hall–Kier alpha value is -4.27. The maximum atomic E-state index is 13.9. The van der Waals surface area contributed by atoms with Gasteiger partial charge < -0.3 is 24.1 Å². The van der Waals surface area contributed by atoms with Crippen LogP contribution in [0, 0.1) is 0 Å². The highest BCUT2D eigenvalue weighted by molar-refractivity contribution is 7.93. The predicted molar refractivity (Wildman–Crippen MR) is 133 cm³/mol. The molecule has 1 fully saturated rings. The number of ether oxygens (including phenoxy) is 4. The van der Waals surface area contributed by atoms with Gasteiger partial charge in [-0.15, -0.1) is 0 Å². The summed E-state index contributed by atoms with van der Waals surface area (Å²) < 4.78 is 87.6. The van der Waals surface area contributed by atoms with E-state index in [2.05, 4.69) is 0 Å². The first kappa shape index (κ1) is 29.7. The fourth-order valence-corrected chi connectivity index (χ4v) is 5.14. The Morgan fingerprint density at radius 2 is 1.17 bits per heavy atom. The van der Waals surface area contributed by atoms with E-state index < -0.39 is 63.3 Å². The number of sulfone groups is 1. The minimum atomic E-state index is -6.72. The first-order chi connectivity index (χ1) is 19.4. The lowest BCUT2D eigenvalue weighted by Gasteiger charge is -2.32. The molecule has 4 rings (SSSR count). The third-order valence-electron chi connectivity index (χ3n) is 5.97. The van der Waals surface area contributed by atoms with Gasteiger partial charge in [0.1, 0.15) is 12.7 Å². The van der Waals surface area contributed by atoms with Crippen LogP contribution in [-0.2, 0) is 28.8 Å². The SMILES string of the molecule is O=C(OC[C@@H]1O[C@@H](OC(=O)c2ccccc2)[C@](O)(S(=O)(=O)C(F)(F)F)[C@H]1OC(=O)c1ccccc1)c1ccccc1. The lowest BCUT2D eigenvalue weighted by atomic mass is 10.1.